The van der Waals surface area contributed by atoms with Crippen molar-refractivity contribution in [2.24, 2.45) is 5.73 Å². The van der Waals surface area contributed by atoms with Crippen LogP contribution in [0.1, 0.15) is 21.5 Å². The molecule has 0 spiro atoms. The minimum absolute atomic E-state index is 0.263. The van der Waals surface area contributed by atoms with Gasteiger partial charge in [-0.15, -0.1) is 0 Å². The van der Waals surface area contributed by atoms with Crippen molar-refractivity contribution in [1.82, 2.24) is 14.1 Å². The molecule has 2 N–H and O–H groups in total. The molecule has 0 saturated heterocycles. The fraction of sp³-hybridized carbons (Fsp3) is 0.200. The number of methoxy groups -OCH3 is 1. The molecule has 196 valence electrons. The van der Waals surface area contributed by atoms with Crippen molar-refractivity contribution in [3.8, 4) is 17.3 Å². The molecule has 2 heterocycles. The number of carbonyl (C=O) groups excluding carboxylic acids is 1. The monoisotopic (exact) mass is 521 g/mol. The van der Waals surface area contributed by atoms with Gasteiger partial charge in [0.15, 0.2) is 0 Å². The molecule has 0 fully saturated rings. The molecule has 0 aliphatic heterocycles. The van der Waals surface area contributed by atoms with Crippen LogP contribution in [0.5, 0.6) is 0 Å². The van der Waals surface area contributed by atoms with E-state index in [4.69, 9.17) is 25.5 Å². The SMILES string of the molecule is COC(=O)c1ccc2nc(-c3cn(Cc4ccc(C#N)cc4)c4ccccc34)c(=O)n(CCOCCN)c2c1. The predicted molar refractivity (Wildman–Crippen MR) is 148 cm³/mol. The first kappa shape index (κ1) is 25.9. The van der Waals surface area contributed by atoms with Gasteiger partial charge in [0.1, 0.15) is 5.69 Å². The van der Waals surface area contributed by atoms with Crippen LogP contribution in [-0.2, 0) is 22.6 Å². The van der Waals surface area contributed by atoms with Gasteiger partial charge >= 0.3 is 5.97 Å². The van der Waals surface area contributed by atoms with Crippen LogP contribution in [0.25, 0.3) is 33.2 Å². The summed E-state index contributed by atoms with van der Waals surface area (Å²) in [6.45, 7) is 1.85. The van der Waals surface area contributed by atoms with Gasteiger partial charge in [-0.25, -0.2) is 9.78 Å². The first-order valence-electron chi connectivity index (χ1n) is 12.5. The van der Waals surface area contributed by atoms with Crippen molar-refractivity contribution in [2.45, 2.75) is 13.1 Å². The number of hydrogen-bond acceptors (Lipinski definition) is 7. The summed E-state index contributed by atoms with van der Waals surface area (Å²) in [6, 6.07) is 22.4. The summed E-state index contributed by atoms with van der Waals surface area (Å²) in [7, 11) is 1.31. The molecule has 3 aromatic carbocycles. The number of aromatic nitrogens is 3. The van der Waals surface area contributed by atoms with Gasteiger partial charge in [0, 0.05) is 42.3 Å². The normalized spacial score (nSPS) is 11.1. The lowest BCUT2D eigenvalue weighted by atomic mass is 10.1. The summed E-state index contributed by atoms with van der Waals surface area (Å²) in [5, 5.41) is 10.0. The van der Waals surface area contributed by atoms with E-state index in [-0.39, 0.29) is 18.7 Å². The summed E-state index contributed by atoms with van der Waals surface area (Å²) in [4.78, 5) is 30.9. The minimum atomic E-state index is -0.495. The molecule has 5 rings (SSSR count). The van der Waals surface area contributed by atoms with Gasteiger partial charge in [-0.05, 0) is 42.0 Å². The van der Waals surface area contributed by atoms with E-state index < -0.39 is 5.97 Å². The standard InChI is InChI=1S/C30H27N5O4/c1-38-30(37)22-10-11-25-27(16-22)35(13-15-39-14-12-31)29(36)28(33-25)24-19-34(26-5-3-2-4-23(24)26)18-21-8-6-20(17-32)7-9-21/h2-11,16,19H,12-15,18,31H2,1H3. The number of esters is 1. The van der Waals surface area contributed by atoms with Crippen LogP contribution >= 0.6 is 0 Å². The zero-order valence-corrected chi connectivity index (χ0v) is 21.5. The van der Waals surface area contributed by atoms with E-state index in [1.165, 1.54) is 7.11 Å². The summed E-state index contributed by atoms with van der Waals surface area (Å²) >= 11 is 0. The number of nitriles is 1. The number of benzene rings is 3. The van der Waals surface area contributed by atoms with Crippen LogP contribution in [0.15, 0.2) is 77.7 Å². The Kier molecular flexibility index (Phi) is 7.50. The Morgan fingerprint density at radius 2 is 1.85 bits per heavy atom. The van der Waals surface area contributed by atoms with Crippen molar-refractivity contribution in [3.63, 3.8) is 0 Å². The van der Waals surface area contributed by atoms with Gasteiger partial charge in [-0.3, -0.25) is 4.79 Å². The zero-order chi connectivity index (χ0) is 27.4. The zero-order valence-electron chi connectivity index (χ0n) is 21.5. The Labute approximate surface area is 224 Å². The average molecular weight is 522 g/mol. The lowest BCUT2D eigenvalue weighted by molar-refractivity contribution is 0.0601. The van der Waals surface area contributed by atoms with Crippen molar-refractivity contribution < 1.29 is 14.3 Å². The van der Waals surface area contributed by atoms with Crippen LogP contribution in [0.2, 0.25) is 0 Å². The molecule has 0 unspecified atom stereocenters. The van der Waals surface area contributed by atoms with Gasteiger partial charge in [0.25, 0.3) is 5.56 Å². The summed E-state index contributed by atoms with van der Waals surface area (Å²) < 4.78 is 14.1. The maximum Gasteiger partial charge on any atom is 0.337 e. The fourth-order valence-electron chi connectivity index (χ4n) is 4.67. The van der Waals surface area contributed by atoms with Gasteiger partial charge in [0.05, 0.1) is 48.6 Å². The second-order valence-corrected chi connectivity index (χ2v) is 9.01. The highest BCUT2D eigenvalue weighted by atomic mass is 16.5. The molecular weight excluding hydrogens is 494 g/mol. The fourth-order valence-corrected chi connectivity index (χ4v) is 4.67. The van der Waals surface area contributed by atoms with E-state index in [0.29, 0.717) is 53.1 Å². The Hall–Kier alpha value is -4.78. The summed E-state index contributed by atoms with van der Waals surface area (Å²) in [6.07, 6.45) is 1.94. The molecule has 0 aliphatic rings. The van der Waals surface area contributed by atoms with Crippen LogP contribution < -0.4 is 11.3 Å². The number of rotatable bonds is 9. The van der Waals surface area contributed by atoms with Crippen LogP contribution in [0.4, 0.5) is 0 Å². The Morgan fingerprint density at radius 1 is 1.05 bits per heavy atom. The second-order valence-electron chi connectivity index (χ2n) is 9.01. The smallest absolute Gasteiger partial charge is 0.337 e. The first-order chi connectivity index (χ1) is 19.0. The summed E-state index contributed by atoms with van der Waals surface area (Å²) in [5.74, 6) is -0.495. The van der Waals surface area contributed by atoms with Gasteiger partial charge in [-0.2, -0.15) is 5.26 Å². The number of ether oxygens (including phenoxy) is 2. The van der Waals surface area contributed by atoms with E-state index in [1.54, 1.807) is 34.9 Å². The maximum atomic E-state index is 13.9. The number of nitrogens with zero attached hydrogens (tertiary/aromatic N) is 4. The number of fused-ring (bicyclic) bond motifs is 2. The largest absolute Gasteiger partial charge is 0.465 e. The van der Waals surface area contributed by atoms with E-state index in [2.05, 4.69) is 10.6 Å². The number of hydrogen-bond donors (Lipinski definition) is 1. The molecule has 2 aromatic heterocycles. The molecular formula is C30H27N5O4. The predicted octanol–water partition coefficient (Wildman–Crippen LogP) is 3.70. The average Bonchev–Trinajstić information content (AvgIpc) is 3.33. The molecule has 0 aliphatic carbocycles. The van der Waals surface area contributed by atoms with E-state index in [1.807, 2.05) is 42.6 Å². The second kappa shape index (κ2) is 11.3. The lowest BCUT2D eigenvalue weighted by Crippen LogP contribution is -2.26. The van der Waals surface area contributed by atoms with Gasteiger partial charge < -0.3 is 24.3 Å². The van der Waals surface area contributed by atoms with Crippen LogP contribution in [0, 0.1) is 11.3 Å². The molecule has 39 heavy (non-hydrogen) atoms. The minimum Gasteiger partial charge on any atom is -0.465 e. The number of para-hydroxylation sites is 1. The Bertz CT molecular complexity index is 1760. The van der Waals surface area contributed by atoms with Crippen molar-refractivity contribution in [3.05, 3.63) is 100.0 Å². The van der Waals surface area contributed by atoms with E-state index >= 15 is 0 Å². The maximum absolute atomic E-state index is 13.9. The summed E-state index contributed by atoms with van der Waals surface area (Å²) in [5.41, 5.74) is 10.3. The molecule has 0 radical (unpaired) electrons. The third-order valence-corrected chi connectivity index (χ3v) is 6.57. The van der Waals surface area contributed by atoms with Gasteiger partial charge in [0.2, 0.25) is 0 Å². The molecule has 0 saturated carbocycles. The Balaban J connectivity index is 1.65. The molecule has 0 amide bonds. The Morgan fingerprint density at radius 3 is 2.59 bits per heavy atom. The van der Waals surface area contributed by atoms with Gasteiger partial charge in [-0.1, -0.05) is 30.3 Å². The van der Waals surface area contributed by atoms with Crippen molar-refractivity contribution in [2.75, 3.05) is 26.9 Å². The topological polar surface area (TPSA) is 125 Å². The molecule has 5 aromatic rings. The molecule has 0 bridgehead atoms. The highest BCUT2D eigenvalue weighted by molar-refractivity contribution is 5.97. The van der Waals surface area contributed by atoms with Crippen molar-refractivity contribution in [1.29, 1.82) is 5.26 Å². The van der Waals surface area contributed by atoms with E-state index in [9.17, 15) is 9.59 Å². The molecule has 0 atom stereocenters. The number of carbonyl (C=O) groups is 1. The first-order valence-corrected chi connectivity index (χ1v) is 12.5. The van der Waals surface area contributed by atoms with Crippen molar-refractivity contribution >= 4 is 27.9 Å². The highest BCUT2D eigenvalue weighted by Gasteiger charge is 2.19. The van der Waals surface area contributed by atoms with Crippen LogP contribution in [-0.4, -0.2) is 47.0 Å². The quantitative estimate of drug-likeness (QED) is 0.232. The number of nitrogens with two attached hydrogens (primary N) is 1. The lowest BCUT2D eigenvalue weighted by Gasteiger charge is -2.13. The molecule has 9 heteroatoms. The van der Waals surface area contributed by atoms with E-state index in [0.717, 1.165) is 16.5 Å². The third-order valence-electron chi connectivity index (χ3n) is 6.57. The molecule has 9 nitrogen and oxygen atoms in total. The van der Waals surface area contributed by atoms with Crippen LogP contribution in [0.3, 0.4) is 0 Å². The third kappa shape index (κ3) is 5.16. The highest BCUT2D eigenvalue weighted by Crippen LogP contribution is 2.30.